The number of benzene rings is 2. The van der Waals surface area contributed by atoms with Crippen LogP contribution in [0.5, 0.6) is 0 Å². The predicted octanol–water partition coefficient (Wildman–Crippen LogP) is 5.61. The maximum atomic E-state index is 13.0. The number of H-pyrrole nitrogens is 1. The number of nitrogens with zero attached hydrogens (tertiary/aromatic N) is 2. The lowest BCUT2D eigenvalue weighted by atomic mass is 10.1. The first-order valence-electron chi connectivity index (χ1n) is 10.6. The Hall–Kier alpha value is -3.13. The Morgan fingerprint density at radius 1 is 1.15 bits per heavy atom. The largest absolute Gasteiger partial charge is 0.378 e. The number of aromatic amines is 1. The van der Waals surface area contributed by atoms with Crippen molar-refractivity contribution in [1.82, 2.24) is 10.2 Å². The molecule has 2 aromatic carbocycles. The normalized spacial score (nSPS) is 13.9. The van der Waals surface area contributed by atoms with Crippen LogP contribution in [0.3, 0.4) is 0 Å². The summed E-state index contributed by atoms with van der Waals surface area (Å²) in [4.78, 5) is 16.0. The number of fused-ring (bicyclic) bond motifs is 1. The molecule has 0 saturated carbocycles. The van der Waals surface area contributed by atoms with Gasteiger partial charge in [0.25, 0.3) is 5.91 Å². The van der Waals surface area contributed by atoms with E-state index in [-0.39, 0.29) is 18.3 Å². The molecule has 0 atom stereocenters. The molecule has 4 aromatic rings. The number of hydrogen-bond acceptors (Lipinski definition) is 5. The number of nitrogens with one attached hydrogen (secondary N) is 2. The molecule has 6 nitrogen and oxygen atoms in total. The lowest BCUT2D eigenvalue weighted by Gasteiger charge is -2.29. The van der Waals surface area contributed by atoms with E-state index in [4.69, 9.17) is 4.74 Å². The van der Waals surface area contributed by atoms with Gasteiger partial charge in [-0.25, -0.2) is 0 Å². The lowest BCUT2D eigenvalue weighted by molar-refractivity contribution is 0.103. The van der Waals surface area contributed by atoms with Crippen molar-refractivity contribution < 1.29 is 9.53 Å². The molecule has 3 heterocycles. The topological polar surface area (TPSA) is 70.2 Å². The van der Waals surface area contributed by atoms with Gasteiger partial charge in [-0.2, -0.15) is 5.10 Å². The van der Waals surface area contributed by atoms with Gasteiger partial charge in [-0.15, -0.1) is 23.7 Å². The van der Waals surface area contributed by atoms with E-state index in [2.05, 4.69) is 32.5 Å². The third-order valence-electron chi connectivity index (χ3n) is 5.65. The first kappa shape index (κ1) is 23.0. The van der Waals surface area contributed by atoms with Gasteiger partial charge in [0.1, 0.15) is 0 Å². The van der Waals surface area contributed by atoms with Crippen molar-refractivity contribution in [3.63, 3.8) is 0 Å². The Labute approximate surface area is 202 Å². The molecule has 0 unspecified atom stereocenters. The number of para-hydroxylation sites is 1. The summed E-state index contributed by atoms with van der Waals surface area (Å²) in [7, 11) is 0. The number of rotatable bonds is 5. The van der Waals surface area contributed by atoms with Crippen LogP contribution in [0.1, 0.15) is 26.5 Å². The number of morpholine rings is 1. The number of carbonyl (C=O) groups excluding carboxylic acids is 1. The van der Waals surface area contributed by atoms with Gasteiger partial charge in [0.2, 0.25) is 0 Å². The fraction of sp³-hybridized carbons (Fsp3) is 0.200. The van der Waals surface area contributed by atoms with E-state index in [0.717, 1.165) is 57.1 Å². The molecule has 2 aromatic heterocycles. The summed E-state index contributed by atoms with van der Waals surface area (Å²) in [6.07, 6.45) is 3.98. The SMILES string of the molecule is Cc1ccsc1C(=O)Nc1cc(N2CCOCC2)ccc1C=Cc1n[nH]c2ccccc12.Cl. The highest BCUT2D eigenvalue weighted by molar-refractivity contribution is 7.12. The number of ether oxygens (including phenoxy) is 1. The zero-order chi connectivity index (χ0) is 21.9. The van der Waals surface area contributed by atoms with Gasteiger partial charge in [0.15, 0.2) is 0 Å². The minimum Gasteiger partial charge on any atom is -0.378 e. The molecule has 170 valence electrons. The van der Waals surface area contributed by atoms with Crippen LogP contribution in [0, 0.1) is 6.92 Å². The molecule has 5 rings (SSSR count). The molecule has 8 heteroatoms. The molecule has 1 saturated heterocycles. The van der Waals surface area contributed by atoms with Crippen LogP contribution in [-0.2, 0) is 4.74 Å². The van der Waals surface area contributed by atoms with Gasteiger partial charge in [-0.05, 0) is 53.8 Å². The van der Waals surface area contributed by atoms with E-state index in [0.29, 0.717) is 13.2 Å². The zero-order valence-corrected chi connectivity index (χ0v) is 19.8. The summed E-state index contributed by atoms with van der Waals surface area (Å²) in [6, 6.07) is 16.2. The average Bonchev–Trinajstić information content (AvgIpc) is 3.45. The molecule has 2 N–H and O–H groups in total. The number of halogens is 1. The van der Waals surface area contributed by atoms with Crippen LogP contribution in [0.25, 0.3) is 23.1 Å². The van der Waals surface area contributed by atoms with Crippen LogP contribution >= 0.6 is 23.7 Å². The minimum atomic E-state index is -0.0866. The van der Waals surface area contributed by atoms with Crippen LogP contribution in [0.15, 0.2) is 53.9 Å². The Balaban J connectivity index is 0.00000259. The van der Waals surface area contributed by atoms with Crippen molar-refractivity contribution in [2.75, 3.05) is 36.5 Å². The molecular formula is C25H25ClN4O2S. The summed E-state index contributed by atoms with van der Waals surface area (Å²) in [6.45, 7) is 5.06. The maximum Gasteiger partial charge on any atom is 0.266 e. The minimum absolute atomic E-state index is 0. The van der Waals surface area contributed by atoms with Crippen LogP contribution in [0.2, 0.25) is 0 Å². The van der Waals surface area contributed by atoms with Gasteiger partial charge < -0.3 is 15.0 Å². The molecule has 0 radical (unpaired) electrons. The molecule has 0 bridgehead atoms. The van der Waals surface area contributed by atoms with Crippen LogP contribution < -0.4 is 10.2 Å². The number of carbonyl (C=O) groups is 1. The molecular weight excluding hydrogens is 456 g/mol. The van der Waals surface area contributed by atoms with Gasteiger partial charge in [0, 0.05) is 24.2 Å². The molecule has 1 amide bonds. The highest BCUT2D eigenvalue weighted by atomic mass is 35.5. The number of amides is 1. The van der Waals surface area contributed by atoms with Gasteiger partial charge in [-0.3, -0.25) is 9.89 Å². The van der Waals surface area contributed by atoms with Crippen molar-refractivity contribution in [2.45, 2.75) is 6.92 Å². The molecule has 1 aliphatic heterocycles. The van der Waals surface area contributed by atoms with Crippen LogP contribution in [-0.4, -0.2) is 42.4 Å². The molecule has 1 aliphatic rings. The van der Waals surface area contributed by atoms with E-state index < -0.39 is 0 Å². The number of aryl methyl sites for hydroxylation is 1. The smallest absolute Gasteiger partial charge is 0.266 e. The second-order valence-electron chi connectivity index (χ2n) is 7.75. The Kier molecular flexibility index (Phi) is 7.13. The van der Waals surface area contributed by atoms with Crippen molar-refractivity contribution in [3.05, 3.63) is 75.6 Å². The number of hydrogen-bond donors (Lipinski definition) is 2. The summed E-state index contributed by atoms with van der Waals surface area (Å²) in [5.41, 5.74) is 5.63. The standard InChI is InChI=1S/C25H24N4O2S.ClH/c1-17-10-15-32-24(17)25(30)26-23-16-19(29-11-13-31-14-12-29)8-6-18(23)7-9-22-20-4-2-3-5-21(20)27-28-22;/h2-10,15-16H,11-14H2,1H3,(H,26,30)(H,27,28);1H. The number of anilines is 2. The maximum absolute atomic E-state index is 13.0. The van der Waals surface area contributed by atoms with E-state index in [1.165, 1.54) is 11.3 Å². The van der Waals surface area contributed by atoms with Gasteiger partial charge in [-0.1, -0.05) is 30.3 Å². The van der Waals surface area contributed by atoms with Crippen molar-refractivity contribution in [2.24, 2.45) is 0 Å². The van der Waals surface area contributed by atoms with E-state index in [1.807, 2.05) is 60.9 Å². The molecule has 0 aliphatic carbocycles. The zero-order valence-electron chi connectivity index (χ0n) is 18.2. The van der Waals surface area contributed by atoms with E-state index >= 15 is 0 Å². The van der Waals surface area contributed by atoms with Crippen molar-refractivity contribution >= 4 is 64.1 Å². The fourth-order valence-electron chi connectivity index (χ4n) is 3.88. The van der Waals surface area contributed by atoms with Gasteiger partial charge in [0.05, 0.1) is 35.0 Å². The summed E-state index contributed by atoms with van der Waals surface area (Å²) in [5.74, 6) is -0.0866. The molecule has 1 fully saturated rings. The first-order valence-corrected chi connectivity index (χ1v) is 11.5. The second kappa shape index (κ2) is 10.2. The Morgan fingerprint density at radius 2 is 1.97 bits per heavy atom. The Bertz CT molecular complexity index is 1290. The lowest BCUT2D eigenvalue weighted by Crippen LogP contribution is -2.36. The second-order valence-corrected chi connectivity index (χ2v) is 8.66. The number of thiophene rings is 1. The van der Waals surface area contributed by atoms with Crippen LogP contribution in [0.4, 0.5) is 11.4 Å². The first-order chi connectivity index (χ1) is 15.7. The van der Waals surface area contributed by atoms with Gasteiger partial charge >= 0.3 is 0 Å². The van der Waals surface area contributed by atoms with Crippen molar-refractivity contribution in [3.8, 4) is 0 Å². The summed E-state index contributed by atoms with van der Waals surface area (Å²) in [5, 5.41) is 13.6. The predicted molar refractivity (Wildman–Crippen MR) is 139 cm³/mol. The number of aromatic nitrogens is 2. The van der Waals surface area contributed by atoms with Crippen molar-refractivity contribution in [1.29, 1.82) is 0 Å². The summed E-state index contributed by atoms with van der Waals surface area (Å²) < 4.78 is 5.49. The highest BCUT2D eigenvalue weighted by Gasteiger charge is 2.16. The highest BCUT2D eigenvalue weighted by Crippen LogP contribution is 2.28. The average molecular weight is 481 g/mol. The third-order valence-corrected chi connectivity index (χ3v) is 6.67. The fourth-order valence-corrected chi connectivity index (χ4v) is 4.70. The summed E-state index contributed by atoms with van der Waals surface area (Å²) >= 11 is 1.46. The third kappa shape index (κ3) is 4.95. The quantitative estimate of drug-likeness (QED) is 0.389. The Morgan fingerprint density at radius 3 is 2.76 bits per heavy atom. The monoisotopic (exact) mass is 480 g/mol. The van der Waals surface area contributed by atoms with E-state index in [9.17, 15) is 4.79 Å². The van der Waals surface area contributed by atoms with E-state index in [1.54, 1.807) is 0 Å². The molecule has 0 spiro atoms. The molecule has 33 heavy (non-hydrogen) atoms.